The number of nitrogens with zero attached hydrogens (tertiary/aromatic N) is 3. The average molecular weight is 336 g/mol. The third kappa shape index (κ3) is 4.43. The minimum atomic E-state index is -0.579. The van der Waals surface area contributed by atoms with Gasteiger partial charge in [-0.15, -0.1) is 0 Å². The van der Waals surface area contributed by atoms with E-state index in [0.717, 1.165) is 0 Å². The van der Waals surface area contributed by atoms with E-state index in [9.17, 15) is 20.2 Å². The van der Waals surface area contributed by atoms with Crippen molar-refractivity contribution in [3.8, 4) is 0 Å². The van der Waals surface area contributed by atoms with Gasteiger partial charge in [-0.05, 0) is 37.6 Å². The van der Waals surface area contributed by atoms with E-state index < -0.39 is 9.85 Å². The second-order valence-electron chi connectivity index (χ2n) is 5.80. The highest BCUT2D eigenvalue weighted by atomic mass is 16.6. The minimum absolute atomic E-state index is 0.0253. The SMILES string of the molecule is CCC(CC)Nc1c([N+](=O)[O-])cc(C)c(C=CN(C)C)c1[N+](=O)[O-]. The average Bonchev–Trinajstić information content (AvgIpc) is 2.50. The number of nitro benzene ring substituents is 2. The van der Waals surface area contributed by atoms with Crippen molar-refractivity contribution in [1.82, 2.24) is 4.90 Å². The predicted octanol–water partition coefficient (Wildman–Crippen LogP) is 3.94. The first-order chi connectivity index (χ1) is 11.2. The molecule has 0 bridgehead atoms. The molecule has 24 heavy (non-hydrogen) atoms. The maximum atomic E-state index is 11.7. The molecular formula is C16H24N4O4. The summed E-state index contributed by atoms with van der Waals surface area (Å²) in [6.07, 6.45) is 4.71. The number of nitrogens with one attached hydrogen (secondary N) is 1. The normalized spacial score (nSPS) is 11.1. The van der Waals surface area contributed by atoms with Crippen LogP contribution in [-0.4, -0.2) is 34.9 Å². The smallest absolute Gasteiger partial charge is 0.306 e. The van der Waals surface area contributed by atoms with E-state index in [-0.39, 0.29) is 23.1 Å². The van der Waals surface area contributed by atoms with Crippen LogP contribution in [0.2, 0.25) is 0 Å². The molecule has 0 aliphatic heterocycles. The fraction of sp³-hybridized carbons (Fsp3) is 0.500. The highest BCUT2D eigenvalue weighted by Gasteiger charge is 2.31. The highest BCUT2D eigenvalue weighted by molar-refractivity contribution is 5.83. The lowest BCUT2D eigenvalue weighted by molar-refractivity contribution is -0.392. The van der Waals surface area contributed by atoms with Crippen LogP contribution >= 0.6 is 0 Å². The molecule has 0 fully saturated rings. The van der Waals surface area contributed by atoms with Crippen LogP contribution in [0.4, 0.5) is 17.1 Å². The Morgan fingerprint density at radius 2 is 1.79 bits per heavy atom. The molecule has 0 radical (unpaired) electrons. The molecule has 1 rings (SSSR count). The maximum Gasteiger partial charge on any atom is 0.306 e. The van der Waals surface area contributed by atoms with Gasteiger partial charge < -0.3 is 10.2 Å². The molecule has 0 aliphatic carbocycles. The zero-order chi connectivity index (χ0) is 18.4. The highest BCUT2D eigenvalue weighted by Crippen LogP contribution is 2.40. The lowest BCUT2D eigenvalue weighted by Gasteiger charge is -2.18. The fourth-order valence-electron chi connectivity index (χ4n) is 2.40. The summed E-state index contributed by atoms with van der Waals surface area (Å²) in [7, 11) is 3.60. The number of benzene rings is 1. The van der Waals surface area contributed by atoms with Crippen LogP contribution in [-0.2, 0) is 0 Å². The van der Waals surface area contributed by atoms with Crippen molar-refractivity contribution >= 4 is 23.1 Å². The number of hydrogen-bond acceptors (Lipinski definition) is 6. The lowest BCUT2D eigenvalue weighted by Crippen LogP contribution is -2.19. The molecule has 0 aromatic heterocycles. The van der Waals surface area contributed by atoms with Crippen molar-refractivity contribution in [3.63, 3.8) is 0 Å². The van der Waals surface area contributed by atoms with E-state index in [1.54, 1.807) is 38.2 Å². The molecule has 0 saturated carbocycles. The Morgan fingerprint density at radius 1 is 1.21 bits per heavy atom. The first-order valence-electron chi connectivity index (χ1n) is 7.80. The number of aryl methyl sites for hydroxylation is 1. The summed E-state index contributed by atoms with van der Waals surface area (Å²) in [5.41, 5.74) is 0.303. The molecule has 1 aromatic rings. The Balaban J connectivity index is 3.69. The van der Waals surface area contributed by atoms with Crippen LogP contribution in [0.15, 0.2) is 12.3 Å². The van der Waals surface area contributed by atoms with Crippen molar-refractivity contribution in [2.45, 2.75) is 39.7 Å². The number of nitro groups is 2. The molecule has 0 amide bonds. The summed E-state index contributed by atoms with van der Waals surface area (Å²) in [5, 5.41) is 26.1. The Kier molecular flexibility index (Phi) is 6.69. The Hall–Kier alpha value is -2.64. The maximum absolute atomic E-state index is 11.7. The van der Waals surface area contributed by atoms with Crippen molar-refractivity contribution in [1.29, 1.82) is 0 Å². The van der Waals surface area contributed by atoms with Gasteiger partial charge in [0.25, 0.3) is 5.69 Å². The van der Waals surface area contributed by atoms with E-state index in [2.05, 4.69) is 5.32 Å². The summed E-state index contributed by atoms with van der Waals surface area (Å²) < 4.78 is 0. The molecular weight excluding hydrogens is 312 g/mol. The Morgan fingerprint density at radius 3 is 2.21 bits per heavy atom. The van der Waals surface area contributed by atoms with Gasteiger partial charge in [-0.3, -0.25) is 20.2 Å². The monoisotopic (exact) mass is 336 g/mol. The molecule has 1 N–H and O–H groups in total. The Bertz CT molecular complexity index is 652. The molecule has 8 heteroatoms. The summed E-state index contributed by atoms with van der Waals surface area (Å²) in [4.78, 5) is 23.7. The molecule has 0 spiro atoms. The van der Waals surface area contributed by atoms with Crippen molar-refractivity contribution in [2.75, 3.05) is 19.4 Å². The molecule has 0 heterocycles. The largest absolute Gasteiger partial charge is 0.383 e. The molecule has 8 nitrogen and oxygen atoms in total. The minimum Gasteiger partial charge on any atom is -0.383 e. The lowest BCUT2D eigenvalue weighted by atomic mass is 10.0. The van der Waals surface area contributed by atoms with Crippen LogP contribution in [0.25, 0.3) is 6.08 Å². The summed E-state index contributed by atoms with van der Waals surface area (Å²) in [5.74, 6) is 0. The predicted molar refractivity (Wildman–Crippen MR) is 95.2 cm³/mol. The van der Waals surface area contributed by atoms with E-state index in [0.29, 0.717) is 24.0 Å². The van der Waals surface area contributed by atoms with Gasteiger partial charge in [0, 0.05) is 26.2 Å². The standard InChI is InChI=1S/C16H24N4O4/c1-6-12(7-2)17-15-14(19(21)22)10-11(3)13(8-9-18(4)5)16(15)20(23)24/h8-10,12,17H,6-7H2,1-5H3. The fourth-order valence-corrected chi connectivity index (χ4v) is 2.40. The van der Waals surface area contributed by atoms with Crippen LogP contribution in [0, 0.1) is 27.2 Å². The van der Waals surface area contributed by atoms with E-state index in [1.807, 2.05) is 13.8 Å². The number of rotatable bonds is 8. The first kappa shape index (κ1) is 19.4. The molecule has 132 valence electrons. The molecule has 0 saturated heterocycles. The van der Waals surface area contributed by atoms with E-state index in [4.69, 9.17) is 0 Å². The molecule has 0 unspecified atom stereocenters. The van der Waals surface area contributed by atoms with Gasteiger partial charge in [0.05, 0.1) is 15.4 Å². The topological polar surface area (TPSA) is 102 Å². The van der Waals surface area contributed by atoms with Gasteiger partial charge in [0.2, 0.25) is 0 Å². The first-order valence-corrected chi connectivity index (χ1v) is 7.80. The second kappa shape index (κ2) is 8.28. The Labute approximate surface area is 141 Å². The van der Waals surface area contributed by atoms with Crippen LogP contribution in [0.1, 0.15) is 37.8 Å². The van der Waals surface area contributed by atoms with Crippen LogP contribution in [0.5, 0.6) is 0 Å². The third-order valence-corrected chi connectivity index (χ3v) is 3.78. The van der Waals surface area contributed by atoms with Crippen molar-refractivity contribution < 1.29 is 9.85 Å². The molecule has 0 aliphatic rings. The molecule has 0 atom stereocenters. The van der Waals surface area contributed by atoms with Crippen LogP contribution in [0.3, 0.4) is 0 Å². The molecule has 1 aromatic carbocycles. The van der Waals surface area contributed by atoms with E-state index in [1.165, 1.54) is 6.07 Å². The zero-order valence-electron chi connectivity index (χ0n) is 14.7. The van der Waals surface area contributed by atoms with Gasteiger partial charge in [-0.2, -0.15) is 0 Å². The van der Waals surface area contributed by atoms with Crippen molar-refractivity contribution in [3.05, 3.63) is 43.6 Å². The summed E-state index contributed by atoms with van der Waals surface area (Å²) in [6, 6.07) is 1.31. The van der Waals surface area contributed by atoms with Gasteiger partial charge >= 0.3 is 5.69 Å². The van der Waals surface area contributed by atoms with Gasteiger partial charge in [-0.25, -0.2) is 0 Å². The zero-order valence-corrected chi connectivity index (χ0v) is 14.7. The van der Waals surface area contributed by atoms with Gasteiger partial charge in [0.15, 0.2) is 5.69 Å². The second-order valence-corrected chi connectivity index (χ2v) is 5.80. The van der Waals surface area contributed by atoms with Crippen LogP contribution < -0.4 is 5.32 Å². The number of anilines is 1. The summed E-state index contributed by atoms with van der Waals surface area (Å²) in [6.45, 7) is 5.50. The van der Waals surface area contributed by atoms with E-state index >= 15 is 0 Å². The van der Waals surface area contributed by atoms with Gasteiger partial charge in [0.1, 0.15) is 0 Å². The quantitative estimate of drug-likeness (QED) is 0.570. The number of hydrogen-bond donors (Lipinski definition) is 1. The van der Waals surface area contributed by atoms with Crippen molar-refractivity contribution in [2.24, 2.45) is 0 Å². The van der Waals surface area contributed by atoms with Gasteiger partial charge in [-0.1, -0.05) is 13.8 Å². The summed E-state index contributed by atoms with van der Waals surface area (Å²) >= 11 is 0. The third-order valence-electron chi connectivity index (χ3n) is 3.78.